The van der Waals surface area contributed by atoms with E-state index < -0.39 is 11.4 Å². The largest absolute Gasteiger partial charge is 0.394 e. The maximum atomic E-state index is 13.2. The van der Waals surface area contributed by atoms with Crippen molar-refractivity contribution in [2.45, 2.75) is 38.1 Å². The molecule has 110 valence electrons. The first kappa shape index (κ1) is 15.4. The van der Waals surface area contributed by atoms with Crippen LogP contribution in [-0.2, 0) is 0 Å². The highest BCUT2D eigenvalue weighted by molar-refractivity contribution is 9.10. The molecule has 1 amide bonds. The van der Waals surface area contributed by atoms with Gasteiger partial charge in [0.1, 0.15) is 5.82 Å². The van der Waals surface area contributed by atoms with Crippen LogP contribution in [-0.4, -0.2) is 23.2 Å². The Morgan fingerprint density at radius 3 is 2.95 bits per heavy atom. The van der Waals surface area contributed by atoms with Gasteiger partial charge < -0.3 is 10.4 Å². The molecule has 0 bridgehead atoms. The molecule has 1 aromatic rings. The lowest BCUT2D eigenvalue weighted by Crippen LogP contribution is -2.53. The van der Waals surface area contributed by atoms with Crippen LogP contribution in [0.1, 0.15) is 43.0 Å². The average Bonchev–Trinajstić information content (AvgIpc) is 2.41. The van der Waals surface area contributed by atoms with E-state index in [0.717, 1.165) is 25.7 Å². The molecule has 2 N–H and O–H groups in total. The van der Waals surface area contributed by atoms with Crippen LogP contribution in [0.5, 0.6) is 0 Å². The molecule has 1 aromatic carbocycles. The minimum absolute atomic E-state index is 0.0640. The second kappa shape index (κ2) is 6.22. The predicted octanol–water partition coefficient (Wildman–Crippen LogP) is 3.26. The summed E-state index contributed by atoms with van der Waals surface area (Å²) in [6, 6.07) is 4.17. The highest BCUT2D eigenvalue weighted by atomic mass is 79.9. The Morgan fingerprint density at radius 2 is 2.35 bits per heavy atom. The van der Waals surface area contributed by atoms with Crippen molar-refractivity contribution >= 4 is 21.8 Å². The first-order chi connectivity index (χ1) is 9.46. The number of amides is 1. The lowest BCUT2D eigenvalue weighted by atomic mass is 9.76. The Hall–Kier alpha value is -0.940. The highest BCUT2D eigenvalue weighted by Gasteiger charge is 2.35. The average molecular weight is 344 g/mol. The second-order valence-corrected chi connectivity index (χ2v) is 6.58. The third-order valence-electron chi connectivity index (χ3n) is 3.95. The van der Waals surface area contributed by atoms with E-state index in [-0.39, 0.29) is 17.0 Å². The van der Waals surface area contributed by atoms with Crippen molar-refractivity contribution in [3.8, 4) is 0 Å². The van der Waals surface area contributed by atoms with Gasteiger partial charge in [-0.3, -0.25) is 4.79 Å². The van der Waals surface area contributed by atoms with Gasteiger partial charge in [0.2, 0.25) is 0 Å². The molecule has 0 aliphatic heterocycles. The standard InChI is InChI=1S/C15H19BrFNO2/c1-10-3-2-6-15(8-10,9-19)18-14(20)11-4-5-13(17)12(16)7-11/h4-5,7,10,19H,2-3,6,8-9H2,1H3,(H,18,20). The Balaban J connectivity index is 2.14. The third-order valence-corrected chi connectivity index (χ3v) is 4.56. The van der Waals surface area contributed by atoms with Crippen molar-refractivity contribution in [2.24, 2.45) is 5.92 Å². The van der Waals surface area contributed by atoms with Gasteiger partial charge in [-0.05, 0) is 52.9 Å². The Bertz CT molecular complexity index is 509. The van der Waals surface area contributed by atoms with Crippen LogP contribution in [0.25, 0.3) is 0 Å². The summed E-state index contributed by atoms with van der Waals surface area (Å²) in [5.41, 5.74) is -0.153. The van der Waals surface area contributed by atoms with Gasteiger partial charge in [-0.2, -0.15) is 0 Å². The van der Waals surface area contributed by atoms with E-state index in [9.17, 15) is 14.3 Å². The third kappa shape index (κ3) is 3.38. The van der Waals surface area contributed by atoms with Crippen LogP contribution in [0, 0.1) is 11.7 Å². The summed E-state index contributed by atoms with van der Waals surface area (Å²) in [5.74, 6) is -0.185. The van der Waals surface area contributed by atoms with Crippen molar-refractivity contribution in [2.75, 3.05) is 6.61 Å². The van der Waals surface area contributed by atoms with Gasteiger partial charge >= 0.3 is 0 Å². The maximum Gasteiger partial charge on any atom is 0.251 e. The molecule has 2 atom stereocenters. The van der Waals surface area contributed by atoms with Crippen LogP contribution in [0.2, 0.25) is 0 Å². The van der Waals surface area contributed by atoms with Gasteiger partial charge in [0.15, 0.2) is 0 Å². The minimum atomic E-state index is -0.546. The lowest BCUT2D eigenvalue weighted by molar-refractivity contribution is 0.0697. The molecule has 0 heterocycles. The van der Waals surface area contributed by atoms with Gasteiger partial charge in [-0.25, -0.2) is 4.39 Å². The summed E-state index contributed by atoms with van der Waals surface area (Å²) in [4.78, 5) is 12.3. The van der Waals surface area contributed by atoms with Crippen LogP contribution >= 0.6 is 15.9 Å². The van der Waals surface area contributed by atoms with Crippen molar-refractivity contribution in [1.82, 2.24) is 5.32 Å². The van der Waals surface area contributed by atoms with Crippen LogP contribution in [0.4, 0.5) is 4.39 Å². The Morgan fingerprint density at radius 1 is 1.60 bits per heavy atom. The molecule has 3 nitrogen and oxygen atoms in total. The molecular formula is C15H19BrFNO2. The molecule has 5 heteroatoms. The number of carbonyl (C=O) groups excluding carboxylic acids is 1. The van der Waals surface area contributed by atoms with E-state index in [2.05, 4.69) is 28.2 Å². The van der Waals surface area contributed by atoms with E-state index in [1.54, 1.807) is 0 Å². The summed E-state index contributed by atoms with van der Waals surface area (Å²) in [5, 5.41) is 12.6. The van der Waals surface area contributed by atoms with Crippen LogP contribution in [0.3, 0.4) is 0 Å². The number of nitrogens with one attached hydrogen (secondary N) is 1. The SMILES string of the molecule is CC1CCCC(CO)(NC(=O)c2ccc(F)c(Br)c2)C1. The molecule has 0 spiro atoms. The summed E-state index contributed by atoms with van der Waals surface area (Å²) < 4.78 is 13.5. The summed E-state index contributed by atoms with van der Waals surface area (Å²) >= 11 is 3.08. The zero-order valence-electron chi connectivity index (χ0n) is 11.5. The van der Waals surface area contributed by atoms with Crippen LogP contribution < -0.4 is 5.32 Å². The first-order valence-corrected chi connectivity index (χ1v) is 7.63. The number of carbonyl (C=O) groups is 1. The number of rotatable bonds is 3. The Kier molecular flexibility index (Phi) is 4.81. The Labute approximate surface area is 126 Å². The summed E-state index contributed by atoms with van der Waals surface area (Å²) in [6.07, 6.45) is 3.67. The van der Waals surface area contributed by atoms with Crippen molar-refractivity contribution in [3.05, 3.63) is 34.1 Å². The fourth-order valence-corrected chi connectivity index (χ4v) is 3.29. The topological polar surface area (TPSA) is 49.3 Å². The van der Waals surface area contributed by atoms with E-state index in [1.807, 2.05) is 0 Å². The molecule has 1 aliphatic carbocycles. The van der Waals surface area contributed by atoms with Crippen molar-refractivity contribution in [3.63, 3.8) is 0 Å². The first-order valence-electron chi connectivity index (χ1n) is 6.84. The number of hydrogen-bond acceptors (Lipinski definition) is 2. The summed E-state index contributed by atoms with van der Waals surface area (Å²) in [7, 11) is 0. The minimum Gasteiger partial charge on any atom is -0.394 e. The number of hydrogen-bond donors (Lipinski definition) is 2. The molecule has 1 fully saturated rings. The van der Waals surface area contributed by atoms with E-state index in [0.29, 0.717) is 11.5 Å². The van der Waals surface area contributed by atoms with Gasteiger partial charge in [0.25, 0.3) is 5.91 Å². The molecule has 0 saturated heterocycles. The molecule has 1 aliphatic rings. The number of halogens is 2. The fourth-order valence-electron chi connectivity index (χ4n) is 2.91. The number of aliphatic hydroxyl groups excluding tert-OH is 1. The van der Waals surface area contributed by atoms with Crippen molar-refractivity contribution in [1.29, 1.82) is 0 Å². The van der Waals surface area contributed by atoms with Gasteiger partial charge in [0.05, 0.1) is 16.6 Å². The molecule has 2 rings (SSSR count). The molecule has 0 aromatic heterocycles. The number of benzene rings is 1. The second-order valence-electron chi connectivity index (χ2n) is 5.72. The highest BCUT2D eigenvalue weighted by Crippen LogP contribution is 2.32. The van der Waals surface area contributed by atoms with Gasteiger partial charge in [-0.15, -0.1) is 0 Å². The van der Waals surface area contributed by atoms with Gasteiger partial charge in [0, 0.05) is 5.56 Å². The normalized spacial score (nSPS) is 26.3. The molecule has 0 radical (unpaired) electrons. The molecule has 1 saturated carbocycles. The zero-order valence-corrected chi connectivity index (χ0v) is 13.0. The molecule has 20 heavy (non-hydrogen) atoms. The van der Waals surface area contributed by atoms with E-state index in [1.165, 1.54) is 18.2 Å². The van der Waals surface area contributed by atoms with Crippen molar-refractivity contribution < 1.29 is 14.3 Å². The maximum absolute atomic E-state index is 13.2. The molecule has 2 unspecified atom stereocenters. The quantitative estimate of drug-likeness (QED) is 0.884. The van der Waals surface area contributed by atoms with Crippen LogP contribution in [0.15, 0.2) is 22.7 Å². The number of aliphatic hydroxyl groups is 1. The monoisotopic (exact) mass is 343 g/mol. The van der Waals surface area contributed by atoms with E-state index in [4.69, 9.17) is 0 Å². The predicted molar refractivity (Wildman–Crippen MR) is 79.0 cm³/mol. The lowest BCUT2D eigenvalue weighted by Gasteiger charge is -2.39. The smallest absolute Gasteiger partial charge is 0.251 e. The van der Waals surface area contributed by atoms with E-state index >= 15 is 0 Å². The summed E-state index contributed by atoms with van der Waals surface area (Å²) in [6.45, 7) is 2.07. The molecular weight excluding hydrogens is 325 g/mol. The fraction of sp³-hybridized carbons (Fsp3) is 0.533. The van der Waals surface area contributed by atoms with Gasteiger partial charge in [-0.1, -0.05) is 19.8 Å². The zero-order chi connectivity index (χ0) is 14.8.